The van der Waals surface area contributed by atoms with E-state index in [0.717, 1.165) is 22.5 Å². The zero-order valence-corrected chi connectivity index (χ0v) is 18.8. The Morgan fingerprint density at radius 1 is 1.06 bits per heavy atom. The van der Waals surface area contributed by atoms with Crippen LogP contribution in [0.15, 0.2) is 71.6 Å². The Bertz CT molecular complexity index is 1370. The zero-order valence-electron chi connectivity index (χ0n) is 18.0. The van der Waals surface area contributed by atoms with E-state index < -0.39 is 50.9 Å². The second-order valence-electron chi connectivity index (χ2n) is 7.97. The summed E-state index contributed by atoms with van der Waals surface area (Å²) in [7, 11) is -4.56. The van der Waals surface area contributed by atoms with E-state index in [1.165, 1.54) is 36.4 Å². The highest BCUT2D eigenvalue weighted by molar-refractivity contribution is 7.92. The molecule has 1 unspecified atom stereocenters. The van der Waals surface area contributed by atoms with E-state index in [-0.39, 0.29) is 30.0 Å². The lowest BCUT2D eigenvalue weighted by molar-refractivity contribution is -0.141. The minimum atomic E-state index is -4.76. The lowest BCUT2D eigenvalue weighted by Gasteiger charge is -2.34. The van der Waals surface area contributed by atoms with Gasteiger partial charge in [0.05, 0.1) is 22.1 Å². The quantitative estimate of drug-likeness (QED) is 0.479. The number of ether oxygens (including phenoxy) is 1. The smallest absolute Gasteiger partial charge is 0.416 e. The molecule has 184 valence electrons. The molecule has 0 radical (unpaired) electrons. The number of hydrogen-bond donors (Lipinski definition) is 1. The number of carboxylic acid groups (broad SMARTS) is 1. The third kappa shape index (κ3) is 5.09. The van der Waals surface area contributed by atoms with Gasteiger partial charge in [-0.3, -0.25) is 9.10 Å². The van der Waals surface area contributed by atoms with Gasteiger partial charge < -0.3 is 9.84 Å². The molecule has 1 aliphatic rings. The van der Waals surface area contributed by atoms with Gasteiger partial charge in [-0.2, -0.15) is 13.2 Å². The fraction of sp³-hybridized carbons (Fsp3) is 0.208. The van der Waals surface area contributed by atoms with Crippen LogP contribution in [-0.4, -0.2) is 26.0 Å². The van der Waals surface area contributed by atoms with Gasteiger partial charge in [-0.25, -0.2) is 12.8 Å². The number of carboxylic acids is 1. The van der Waals surface area contributed by atoms with E-state index in [2.05, 4.69) is 0 Å². The molecule has 6 nitrogen and oxygen atoms in total. The van der Waals surface area contributed by atoms with E-state index in [1.54, 1.807) is 6.07 Å². The first-order valence-electron chi connectivity index (χ1n) is 10.4. The molecule has 1 heterocycles. The molecule has 0 bridgehead atoms. The van der Waals surface area contributed by atoms with Gasteiger partial charge in [-0.15, -0.1) is 0 Å². The average molecular weight is 509 g/mol. The molecular weight excluding hydrogens is 490 g/mol. The topological polar surface area (TPSA) is 83.9 Å². The summed E-state index contributed by atoms with van der Waals surface area (Å²) in [5.41, 5.74) is -0.416. The summed E-state index contributed by atoms with van der Waals surface area (Å²) in [5, 5.41) is 9.53. The predicted molar refractivity (Wildman–Crippen MR) is 118 cm³/mol. The van der Waals surface area contributed by atoms with Gasteiger partial charge in [0.2, 0.25) is 0 Å². The Morgan fingerprint density at radius 3 is 2.49 bits per heavy atom. The van der Waals surface area contributed by atoms with Crippen LogP contribution in [0.2, 0.25) is 0 Å². The predicted octanol–water partition coefficient (Wildman–Crippen LogP) is 4.88. The first kappa shape index (κ1) is 24.5. The largest absolute Gasteiger partial charge is 0.489 e. The standard InChI is InChI=1S/C24H19F4NO5S/c25-21-7-2-1-4-16(21)14-34-19-9-8-15-10-17(23(30)31)13-29(22(15)12-19)35(32,33)20-6-3-5-18(11-20)24(26,27)28/h1-9,11-12,17H,10,13-14H2,(H,30,31). The Labute approximate surface area is 198 Å². The number of aliphatic carboxylic acids is 1. The first-order chi connectivity index (χ1) is 16.5. The van der Waals surface area contributed by atoms with Crippen molar-refractivity contribution < 1.29 is 40.6 Å². The molecule has 0 saturated carbocycles. The number of anilines is 1. The molecule has 1 atom stereocenters. The fourth-order valence-electron chi connectivity index (χ4n) is 3.80. The number of fused-ring (bicyclic) bond motifs is 1. The van der Waals surface area contributed by atoms with Crippen molar-refractivity contribution in [2.75, 3.05) is 10.8 Å². The minimum Gasteiger partial charge on any atom is -0.489 e. The van der Waals surface area contributed by atoms with Crippen LogP contribution in [0.25, 0.3) is 0 Å². The SMILES string of the molecule is O=C(O)C1Cc2ccc(OCc3ccccc3F)cc2N(S(=O)(=O)c2cccc(C(F)(F)F)c2)C1. The average Bonchev–Trinajstić information content (AvgIpc) is 2.82. The molecule has 0 amide bonds. The Hall–Kier alpha value is -3.60. The van der Waals surface area contributed by atoms with Gasteiger partial charge in [-0.05, 0) is 42.3 Å². The summed E-state index contributed by atoms with van der Waals surface area (Å²) < 4.78 is 86.7. The summed E-state index contributed by atoms with van der Waals surface area (Å²) >= 11 is 0. The maximum atomic E-state index is 13.9. The minimum absolute atomic E-state index is 0.0207. The molecule has 0 spiro atoms. The van der Waals surface area contributed by atoms with E-state index >= 15 is 0 Å². The van der Waals surface area contributed by atoms with Crippen LogP contribution in [-0.2, 0) is 34.0 Å². The summed E-state index contributed by atoms with van der Waals surface area (Å²) in [4.78, 5) is 11.1. The first-order valence-corrected chi connectivity index (χ1v) is 11.8. The van der Waals surface area contributed by atoms with Crippen molar-refractivity contribution in [3.8, 4) is 5.75 Å². The van der Waals surface area contributed by atoms with Gasteiger partial charge in [0, 0.05) is 18.2 Å². The summed E-state index contributed by atoms with van der Waals surface area (Å²) in [6.45, 7) is -0.624. The second kappa shape index (κ2) is 9.21. The van der Waals surface area contributed by atoms with E-state index in [1.807, 2.05) is 0 Å². The van der Waals surface area contributed by atoms with E-state index in [9.17, 15) is 35.9 Å². The summed E-state index contributed by atoms with van der Waals surface area (Å²) in [6, 6.07) is 13.5. The maximum absolute atomic E-state index is 13.9. The molecular formula is C24H19F4NO5S. The van der Waals surface area contributed by atoms with Gasteiger partial charge in [0.15, 0.2) is 0 Å². The van der Waals surface area contributed by atoms with Crippen molar-refractivity contribution in [3.05, 3.63) is 89.2 Å². The Kier molecular flexibility index (Phi) is 6.46. The normalized spacial score (nSPS) is 16.0. The second-order valence-corrected chi connectivity index (χ2v) is 9.83. The number of halogens is 4. The van der Waals surface area contributed by atoms with Crippen LogP contribution in [0.3, 0.4) is 0 Å². The van der Waals surface area contributed by atoms with Crippen LogP contribution in [0, 0.1) is 11.7 Å². The highest BCUT2D eigenvalue weighted by atomic mass is 32.2. The van der Waals surface area contributed by atoms with Crippen LogP contribution in [0.5, 0.6) is 5.75 Å². The van der Waals surface area contributed by atoms with Crippen molar-refractivity contribution in [2.24, 2.45) is 5.92 Å². The molecule has 0 fully saturated rings. The molecule has 1 aliphatic heterocycles. The fourth-order valence-corrected chi connectivity index (χ4v) is 5.38. The summed E-state index contributed by atoms with van der Waals surface area (Å²) in [5.74, 6) is -2.64. The van der Waals surface area contributed by atoms with Gasteiger partial charge in [0.25, 0.3) is 10.0 Å². The lowest BCUT2D eigenvalue weighted by atomic mass is 9.94. The van der Waals surface area contributed by atoms with E-state index in [0.29, 0.717) is 11.6 Å². The van der Waals surface area contributed by atoms with Crippen molar-refractivity contribution in [3.63, 3.8) is 0 Å². The maximum Gasteiger partial charge on any atom is 0.416 e. The van der Waals surface area contributed by atoms with Crippen molar-refractivity contribution in [2.45, 2.75) is 24.1 Å². The number of sulfonamides is 1. The molecule has 35 heavy (non-hydrogen) atoms. The number of alkyl halides is 3. The lowest BCUT2D eigenvalue weighted by Crippen LogP contribution is -2.42. The molecule has 0 aromatic heterocycles. The number of rotatable bonds is 6. The molecule has 0 aliphatic carbocycles. The molecule has 3 aromatic rings. The van der Waals surface area contributed by atoms with Crippen molar-refractivity contribution in [1.82, 2.24) is 0 Å². The summed E-state index contributed by atoms with van der Waals surface area (Å²) in [6.07, 6.45) is -4.74. The number of nitrogens with zero attached hydrogens (tertiary/aromatic N) is 1. The Balaban J connectivity index is 1.72. The van der Waals surface area contributed by atoms with Gasteiger partial charge >= 0.3 is 12.1 Å². The van der Waals surface area contributed by atoms with Crippen LogP contribution in [0.1, 0.15) is 16.7 Å². The number of carbonyl (C=O) groups is 1. The third-order valence-electron chi connectivity index (χ3n) is 5.63. The van der Waals surface area contributed by atoms with Gasteiger partial charge in [0.1, 0.15) is 18.2 Å². The van der Waals surface area contributed by atoms with Crippen molar-refractivity contribution in [1.29, 1.82) is 0 Å². The van der Waals surface area contributed by atoms with Gasteiger partial charge in [-0.1, -0.05) is 30.3 Å². The molecule has 11 heteroatoms. The zero-order chi connectivity index (χ0) is 25.4. The molecule has 1 N–H and O–H groups in total. The van der Waals surface area contributed by atoms with Crippen LogP contribution >= 0.6 is 0 Å². The van der Waals surface area contributed by atoms with Crippen LogP contribution in [0.4, 0.5) is 23.2 Å². The number of benzene rings is 3. The third-order valence-corrected chi connectivity index (χ3v) is 7.40. The Morgan fingerprint density at radius 2 is 1.80 bits per heavy atom. The molecule has 3 aromatic carbocycles. The highest BCUT2D eigenvalue weighted by Gasteiger charge is 2.38. The van der Waals surface area contributed by atoms with E-state index in [4.69, 9.17) is 4.74 Å². The van der Waals surface area contributed by atoms with Crippen LogP contribution < -0.4 is 9.04 Å². The highest BCUT2D eigenvalue weighted by Crippen LogP contribution is 2.38. The number of hydrogen-bond acceptors (Lipinski definition) is 4. The molecule has 0 saturated heterocycles. The molecule has 4 rings (SSSR count). The monoisotopic (exact) mass is 509 g/mol. The van der Waals surface area contributed by atoms with Crippen molar-refractivity contribution >= 4 is 21.7 Å².